The van der Waals surface area contributed by atoms with E-state index < -0.39 is 0 Å². The van der Waals surface area contributed by atoms with Crippen LogP contribution in [0.3, 0.4) is 0 Å². The van der Waals surface area contributed by atoms with Crippen LogP contribution in [-0.4, -0.2) is 9.55 Å². The largest absolute Gasteiger partial charge is 0.448 e. The maximum atomic E-state index is 5.63. The molecule has 2 aromatic heterocycles. The van der Waals surface area contributed by atoms with Crippen LogP contribution in [0.1, 0.15) is 56.2 Å². The SMILES string of the molecule is CCCC(CC)c1nc(Cc2ccn(C)c2)co1. The number of hydrogen-bond acceptors (Lipinski definition) is 2. The molecule has 3 nitrogen and oxygen atoms in total. The van der Waals surface area contributed by atoms with Crippen LogP contribution in [0.15, 0.2) is 29.1 Å². The second-order valence-corrected chi connectivity index (χ2v) is 4.93. The highest BCUT2D eigenvalue weighted by atomic mass is 16.3. The van der Waals surface area contributed by atoms with Gasteiger partial charge in [0.1, 0.15) is 6.26 Å². The van der Waals surface area contributed by atoms with E-state index in [1.165, 1.54) is 12.0 Å². The smallest absolute Gasteiger partial charge is 0.197 e. The van der Waals surface area contributed by atoms with Crippen molar-refractivity contribution in [1.29, 1.82) is 0 Å². The summed E-state index contributed by atoms with van der Waals surface area (Å²) in [5.74, 6) is 1.38. The number of hydrogen-bond donors (Lipinski definition) is 0. The van der Waals surface area contributed by atoms with Crippen LogP contribution in [-0.2, 0) is 13.5 Å². The van der Waals surface area contributed by atoms with Crippen molar-refractivity contribution in [2.45, 2.75) is 45.4 Å². The molecule has 0 aliphatic heterocycles. The van der Waals surface area contributed by atoms with E-state index in [9.17, 15) is 0 Å². The van der Waals surface area contributed by atoms with Crippen LogP contribution < -0.4 is 0 Å². The number of oxazole rings is 1. The Morgan fingerprint density at radius 1 is 1.39 bits per heavy atom. The van der Waals surface area contributed by atoms with Crippen LogP contribution in [0.5, 0.6) is 0 Å². The zero-order valence-electron chi connectivity index (χ0n) is 11.5. The highest BCUT2D eigenvalue weighted by molar-refractivity contribution is 5.17. The highest BCUT2D eigenvalue weighted by Gasteiger charge is 2.15. The third-order valence-corrected chi connectivity index (χ3v) is 3.33. The molecule has 0 spiro atoms. The highest BCUT2D eigenvalue weighted by Crippen LogP contribution is 2.24. The molecule has 0 amide bonds. The lowest BCUT2D eigenvalue weighted by Crippen LogP contribution is -1.98. The molecule has 0 aromatic carbocycles. The van der Waals surface area contributed by atoms with E-state index in [1.54, 1.807) is 6.26 Å². The van der Waals surface area contributed by atoms with Gasteiger partial charge in [-0.05, 0) is 24.5 Å². The topological polar surface area (TPSA) is 31.0 Å². The van der Waals surface area contributed by atoms with Gasteiger partial charge in [-0.3, -0.25) is 0 Å². The molecule has 1 atom stereocenters. The molecule has 0 saturated carbocycles. The summed E-state index contributed by atoms with van der Waals surface area (Å²) in [6, 6.07) is 2.12. The normalized spacial score (nSPS) is 12.8. The van der Waals surface area contributed by atoms with Crippen molar-refractivity contribution in [1.82, 2.24) is 9.55 Å². The molecule has 1 unspecified atom stereocenters. The summed E-state index contributed by atoms with van der Waals surface area (Å²) in [6.07, 6.45) is 10.3. The summed E-state index contributed by atoms with van der Waals surface area (Å²) >= 11 is 0. The second kappa shape index (κ2) is 5.89. The third kappa shape index (κ3) is 3.03. The van der Waals surface area contributed by atoms with E-state index in [4.69, 9.17) is 4.42 Å². The maximum Gasteiger partial charge on any atom is 0.197 e. The maximum absolute atomic E-state index is 5.63. The van der Waals surface area contributed by atoms with Crippen molar-refractivity contribution in [3.05, 3.63) is 41.9 Å². The van der Waals surface area contributed by atoms with Crippen molar-refractivity contribution in [2.24, 2.45) is 7.05 Å². The first-order valence-corrected chi connectivity index (χ1v) is 6.78. The van der Waals surface area contributed by atoms with E-state index in [0.717, 1.165) is 30.8 Å². The molecule has 3 heteroatoms. The summed E-state index contributed by atoms with van der Waals surface area (Å²) in [4.78, 5) is 4.63. The van der Waals surface area contributed by atoms with Gasteiger partial charge in [-0.2, -0.15) is 0 Å². The summed E-state index contributed by atoms with van der Waals surface area (Å²) in [5, 5.41) is 0. The van der Waals surface area contributed by atoms with E-state index in [0.29, 0.717) is 5.92 Å². The van der Waals surface area contributed by atoms with Gasteiger partial charge in [0.2, 0.25) is 0 Å². The molecule has 18 heavy (non-hydrogen) atoms. The first-order valence-electron chi connectivity index (χ1n) is 6.78. The number of rotatable bonds is 6. The van der Waals surface area contributed by atoms with Crippen molar-refractivity contribution in [3.63, 3.8) is 0 Å². The molecule has 2 heterocycles. The summed E-state index contributed by atoms with van der Waals surface area (Å²) in [5.41, 5.74) is 2.31. The van der Waals surface area contributed by atoms with Crippen molar-refractivity contribution in [2.75, 3.05) is 0 Å². The number of nitrogens with zero attached hydrogens (tertiary/aromatic N) is 2. The minimum Gasteiger partial charge on any atom is -0.448 e. The summed E-state index contributed by atoms with van der Waals surface area (Å²) < 4.78 is 7.69. The molecule has 98 valence electrons. The molecule has 0 N–H and O–H groups in total. The van der Waals surface area contributed by atoms with Crippen LogP contribution in [0.2, 0.25) is 0 Å². The molecule has 0 aliphatic rings. The molecule has 2 aromatic rings. The van der Waals surface area contributed by atoms with Crippen LogP contribution in [0.25, 0.3) is 0 Å². The van der Waals surface area contributed by atoms with Gasteiger partial charge in [0.15, 0.2) is 5.89 Å². The lowest BCUT2D eigenvalue weighted by atomic mass is 10.0. The Bertz CT molecular complexity index is 484. The number of aryl methyl sites for hydroxylation is 1. The van der Waals surface area contributed by atoms with Gasteiger partial charge in [0.05, 0.1) is 5.69 Å². The molecular weight excluding hydrogens is 224 g/mol. The average molecular weight is 246 g/mol. The standard InChI is InChI=1S/C15H22N2O/c1-4-6-13(5-2)15-16-14(11-18-15)9-12-7-8-17(3)10-12/h7-8,10-11,13H,4-6,9H2,1-3H3. The van der Waals surface area contributed by atoms with Gasteiger partial charge in [0, 0.05) is 31.8 Å². The minimum atomic E-state index is 0.472. The van der Waals surface area contributed by atoms with E-state index in [2.05, 4.69) is 41.9 Å². The predicted molar refractivity (Wildman–Crippen MR) is 72.7 cm³/mol. The molecule has 0 fully saturated rings. The van der Waals surface area contributed by atoms with Gasteiger partial charge in [-0.1, -0.05) is 20.3 Å². The lowest BCUT2D eigenvalue weighted by Gasteiger charge is -2.07. The molecule has 0 aliphatic carbocycles. The van der Waals surface area contributed by atoms with Gasteiger partial charge in [-0.25, -0.2) is 4.98 Å². The Labute approximate surface area is 109 Å². The molecule has 0 bridgehead atoms. The fraction of sp³-hybridized carbons (Fsp3) is 0.533. The molecule has 0 radical (unpaired) electrons. The van der Waals surface area contributed by atoms with Crippen LogP contribution in [0, 0.1) is 0 Å². The quantitative estimate of drug-likeness (QED) is 0.774. The Morgan fingerprint density at radius 2 is 2.22 bits per heavy atom. The van der Waals surface area contributed by atoms with Crippen molar-refractivity contribution >= 4 is 0 Å². The van der Waals surface area contributed by atoms with Gasteiger partial charge in [0.25, 0.3) is 0 Å². The van der Waals surface area contributed by atoms with E-state index >= 15 is 0 Å². The Balaban J connectivity index is 2.05. The lowest BCUT2D eigenvalue weighted by molar-refractivity contribution is 0.421. The molecule has 0 saturated heterocycles. The molecular formula is C15H22N2O. The minimum absolute atomic E-state index is 0.472. The van der Waals surface area contributed by atoms with Crippen LogP contribution >= 0.6 is 0 Å². The van der Waals surface area contributed by atoms with Crippen molar-refractivity contribution in [3.8, 4) is 0 Å². The van der Waals surface area contributed by atoms with Gasteiger partial charge < -0.3 is 8.98 Å². The fourth-order valence-corrected chi connectivity index (χ4v) is 2.32. The number of aromatic nitrogens is 2. The average Bonchev–Trinajstić information content (AvgIpc) is 2.96. The molecule has 2 rings (SSSR count). The summed E-state index contributed by atoms with van der Waals surface area (Å²) in [6.45, 7) is 4.40. The van der Waals surface area contributed by atoms with Crippen LogP contribution in [0.4, 0.5) is 0 Å². The van der Waals surface area contributed by atoms with Gasteiger partial charge in [-0.15, -0.1) is 0 Å². The first-order chi connectivity index (χ1) is 8.72. The zero-order valence-corrected chi connectivity index (χ0v) is 11.5. The Hall–Kier alpha value is -1.51. The monoisotopic (exact) mass is 246 g/mol. The second-order valence-electron chi connectivity index (χ2n) is 4.93. The Kier molecular flexibility index (Phi) is 4.24. The predicted octanol–water partition coefficient (Wildman–Crippen LogP) is 3.90. The third-order valence-electron chi connectivity index (χ3n) is 3.33. The fourth-order valence-electron chi connectivity index (χ4n) is 2.32. The Morgan fingerprint density at radius 3 is 2.83 bits per heavy atom. The first kappa shape index (κ1) is 12.9. The van der Waals surface area contributed by atoms with Gasteiger partial charge >= 0.3 is 0 Å². The zero-order chi connectivity index (χ0) is 13.0. The van der Waals surface area contributed by atoms with E-state index in [1.807, 2.05) is 7.05 Å². The summed E-state index contributed by atoms with van der Waals surface area (Å²) in [7, 11) is 2.03. The van der Waals surface area contributed by atoms with Crippen molar-refractivity contribution < 1.29 is 4.42 Å². The van der Waals surface area contributed by atoms with E-state index in [-0.39, 0.29) is 0 Å².